The van der Waals surface area contributed by atoms with E-state index in [-0.39, 0.29) is 122 Å². The second-order valence-electron chi connectivity index (χ2n) is 19.8. The zero-order valence-electron chi connectivity index (χ0n) is 51.0. The van der Waals surface area contributed by atoms with Gasteiger partial charge in [-0.2, -0.15) is 5.26 Å². The smallest absolute Gasteiger partial charge is 0.136 e. The summed E-state index contributed by atoms with van der Waals surface area (Å²) in [6.45, 7) is 9.24. The molecule has 11 aromatic rings. The third-order valence-corrected chi connectivity index (χ3v) is 13.3. The number of fused-ring (bicyclic) bond motifs is 9. The van der Waals surface area contributed by atoms with Crippen LogP contribution in [0.2, 0.25) is 0 Å². The van der Waals surface area contributed by atoms with Crippen molar-refractivity contribution >= 4 is 54.9 Å². The van der Waals surface area contributed by atoms with E-state index in [2.05, 4.69) is 88.8 Å². The number of rotatable bonds is 6. The van der Waals surface area contributed by atoms with E-state index in [1.807, 2.05) is 71.4 Å². The molecule has 0 unspecified atom stereocenters. The van der Waals surface area contributed by atoms with E-state index < -0.39 is 26.4 Å². The maximum absolute atomic E-state index is 9.62. The van der Waals surface area contributed by atoms with Crippen LogP contribution in [0.5, 0.6) is 0 Å². The van der Waals surface area contributed by atoms with Crippen LogP contribution in [-0.4, -0.2) is 19.5 Å². The fourth-order valence-electron chi connectivity index (χ4n) is 9.77. The summed E-state index contributed by atoms with van der Waals surface area (Å²) in [7, 11) is 0. The second kappa shape index (κ2) is 19.1. The van der Waals surface area contributed by atoms with Gasteiger partial charge < -0.3 is 13.4 Å². The van der Waals surface area contributed by atoms with Crippen molar-refractivity contribution in [2.24, 2.45) is 0 Å². The van der Waals surface area contributed by atoms with Crippen LogP contribution >= 0.6 is 0 Å². The summed E-state index contributed by atoms with van der Waals surface area (Å²) in [5.74, 6) is 0.779. The van der Waals surface area contributed by atoms with Crippen LogP contribution in [-0.2, 0) is 38.3 Å². The topological polar surface area (TPSA) is 93.7 Å². The molecule has 0 saturated heterocycles. The van der Waals surface area contributed by atoms with E-state index in [1.165, 1.54) is 12.1 Å². The number of aryl methyl sites for hydroxylation is 4. The van der Waals surface area contributed by atoms with Gasteiger partial charge in [-0.3, -0.25) is 15.0 Å². The molecule has 0 amide bonds. The molecule has 1 aliphatic rings. The predicted molar refractivity (Wildman–Crippen MR) is 289 cm³/mol. The molecule has 361 valence electrons. The van der Waals surface area contributed by atoms with Crippen LogP contribution < -0.4 is 0 Å². The summed E-state index contributed by atoms with van der Waals surface area (Å²) in [5.41, 5.74) is 8.25. The average Bonchev–Trinajstić information content (AvgIpc) is 2.05. The minimum absolute atomic E-state index is 0. The van der Waals surface area contributed by atoms with Gasteiger partial charge in [0.1, 0.15) is 16.7 Å². The first-order valence-electron chi connectivity index (χ1n) is 29.0. The Labute approximate surface area is 449 Å². The Hall–Kier alpha value is -7.17. The van der Waals surface area contributed by atoms with E-state index >= 15 is 0 Å². The number of aromatic nitrogens is 4. The van der Waals surface area contributed by atoms with Crippen molar-refractivity contribution in [1.82, 2.24) is 19.5 Å². The first-order valence-corrected chi connectivity index (χ1v) is 24.0. The van der Waals surface area contributed by atoms with Crippen LogP contribution in [0.3, 0.4) is 0 Å². The van der Waals surface area contributed by atoms with Crippen molar-refractivity contribution in [2.75, 3.05) is 0 Å². The molecule has 72 heavy (non-hydrogen) atoms. The number of hydrogen-bond acceptors (Lipinski definition) is 6. The largest absolute Gasteiger partial charge is 0.500 e. The van der Waals surface area contributed by atoms with E-state index in [1.54, 1.807) is 30.3 Å². The van der Waals surface area contributed by atoms with Crippen LogP contribution in [0, 0.1) is 37.2 Å². The molecule has 0 saturated carbocycles. The van der Waals surface area contributed by atoms with Gasteiger partial charge in [0.05, 0.1) is 39.9 Å². The third-order valence-electron chi connectivity index (χ3n) is 13.3. The molecule has 1 aliphatic carbocycles. The molecule has 8 heteroatoms. The van der Waals surface area contributed by atoms with E-state index in [9.17, 15) is 8.00 Å². The maximum Gasteiger partial charge on any atom is 0.136 e. The van der Waals surface area contributed by atoms with Crippen LogP contribution in [0.25, 0.3) is 94.5 Å². The van der Waals surface area contributed by atoms with Gasteiger partial charge in [0.15, 0.2) is 0 Å². The standard InChI is InChI=1S/C50H42N3O2.C14H15N2.Ir/c1-27(2)38-23-34(32-12-8-7-9-13-32)24-39(28(3)4)46(38)53-47-35-15-11-10-14-33(35)18-21-41(47)52-50(53)37-19-16-29(5)44-40-25-43-45(30(6)48(40)55-49(37)44)36-20-17-31(26-51)22-42(36)54-43;1-14(2,3)12-9-10-15-13(16-12)11-7-5-4-6-8-11;/h7-9,12-13,16-18,20-25,27-28H,10-11,14-15H2,1-6H3;4-7,9-10H,1-3H3;/q2*-1;/i5D3,6D3,14D2,15D2;;. The Kier molecular flexibility index (Phi) is 9.98. The van der Waals surface area contributed by atoms with Crippen molar-refractivity contribution in [3.8, 4) is 45.7 Å². The van der Waals surface area contributed by atoms with Crippen molar-refractivity contribution in [2.45, 2.75) is 105 Å². The first-order chi connectivity index (χ1) is 38.2. The molecule has 0 atom stereocenters. The number of furan rings is 2. The van der Waals surface area contributed by atoms with Gasteiger partial charge in [0, 0.05) is 78.5 Å². The van der Waals surface area contributed by atoms with Gasteiger partial charge in [0.25, 0.3) is 0 Å². The van der Waals surface area contributed by atoms with Gasteiger partial charge in [-0.25, -0.2) is 0 Å². The Morgan fingerprint density at radius 1 is 0.764 bits per heavy atom. The molecule has 1 radical (unpaired) electrons. The van der Waals surface area contributed by atoms with Gasteiger partial charge in [-0.05, 0) is 126 Å². The summed E-state index contributed by atoms with van der Waals surface area (Å²) in [5, 5.41) is 10.6. The number of nitriles is 1. The molecule has 4 aromatic heterocycles. The summed E-state index contributed by atoms with van der Waals surface area (Å²) >= 11 is 0. The number of imidazole rings is 1. The molecule has 0 fully saturated rings. The first kappa shape index (κ1) is 37.6. The molecule has 0 bridgehead atoms. The average molecular weight is 1130 g/mol. The van der Waals surface area contributed by atoms with E-state index in [0.29, 0.717) is 27.7 Å². The minimum Gasteiger partial charge on any atom is -0.500 e. The molecule has 12 rings (SSSR count). The van der Waals surface area contributed by atoms with Crippen molar-refractivity contribution in [1.29, 1.82) is 5.26 Å². The zero-order chi connectivity index (χ0) is 57.9. The van der Waals surface area contributed by atoms with Crippen molar-refractivity contribution in [3.05, 3.63) is 178 Å². The SMILES string of the molecule is CC(C)(C)c1ccnc(-c2[c-]cccc2)n1.[2H]C([2H])([2H])c1c2oc3c(-c4nc5ccc6c(c5n4-c4c(C(C)C)cc(-c5ccccc5)cc4C(C)C)C([2H])([2H])CCC6([2H])[2H])[c-]cc(C([2H])([2H])[2H])c3c2cc2oc3cc(C#N)ccc3c12.[Ir]. The summed E-state index contributed by atoms with van der Waals surface area (Å²) in [6, 6.07) is 43.4. The third kappa shape index (κ3) is 8.43. The minimum atomic E-state index is -2.80. The van der Waals surface area contributed by atoms with E-state index in [4.69, 9.17) is 24.8 Å². The normalized spacial score (nSPS) is 16.5. The number of hydrogen-bond donors (Lipinski definition) is 0. The molecular formula is C64H57IrN5O2-2. The fraction of sp³-hybridized carbons (Fsp3) is 0.250. The molecular weight excluding hydrogens is 1060 g/mol. The van der Waals surface area contributed by atoms with E-state index in [0.717, 1.165) is 39.3 Å². The molecule has 0 N–H and O–H groups in total. The molecule has 0 aliphatic heterocycles. The number of benzene rings is 7. The fourth-order valence-corrected chi connectivity index (χ4v) is 9.77. The van der Waals surface area contributed by atoms with Crippen molar-refractivity contribution in [3.63, 3.8) is 0 Å². The van der Waals surface area contributed by atoms with Gasteiger partial charge >= 0.3 is 0 Å². The quantitative estimate of drug-likeness (QED) is 0.154. The Bertz CT molecular complexity index is 4310. The maximum atomic E-state index is 9.62. The van der Waals surface area contributed by atoms with Crippen LogP contribution in [0.1, 0.15) is 131 Å². The van der Waals surface area contributed by atoms with Gasteiger partial charge in [0.2, 0.25) is 0 Å². The van der Waals surface area contributed by atoms with Gasteiger partial charge in [-0.15, -0.1) is 53.6 Å². The Morgan fingerprint density at radius 2 is 1.54 bits per heavy atom. The van der Waals surface area contributed by atoms with Crippen molar-refractivity contribution < 1.29 is 42.6 Å². The Morgan fingerprint density at radius 3 is 2.25 bits per heavy atom. The predicted octanol–water partition coefficient (Wildman–Crippen LogP) is 16.8. The molecule has 7 aromatic carbocycles. The monoisotopic (exact) mass is 1130 g/mol. The van der Waals surface area contributed by atoms with Crippen LogP contribution in [0.15, 0.2) is 130 Å². The summed E-state index contributed by atoms with van der Waals surface area (Å²) < 4.78 is 105. The zero-order valence-corrected chi connectivity index (χ0v) is 43.4. The molecule has 7 nitrogen and oxygen atoms in total. The second-order valence-corrected chi connectivity index (χ2v) is 19.8. The number of nitrogens with zero attached hydrogens (tertiary/aromatic N) is 5. The Balaban J connectivity index is 0.000000381. The summed E-state index contributed by atoms with van der Waals surface area (Å²) in [6.07, 6.45) is -2.12. The summed E-state index contributed by atoms with van der Waals surface area (Å²) in [4.78, 5) is 14.1. The molecule has 0 spiro atoms. The van der Waals surface area contributed by atoms with Crippen LogP contribution in [0.4, 0.5) is 0 Å². The van der Waals surface area contributed by atoms with Gasteiger partial charge in [-0.1, -0.05) is 103 Å². The molecule has 4 heterocycles.